The maximum atomic E-state index is 11.5. The van der Waals surface area contributed by atoms with E-state index < -0.39 is 0 Å². The molecule has 0 amide bonds. The van der Waals surface area contributed by atoms with Crippen molar-refractivity contribution in [1.82, 2.24) is 4.90 Å². The monoisotopic (exact) mass is 279 g/mol. The van der Waals surface area contributed by atoms with Crippen LogP contribution in [-0.4, -0.2) is 34.6 Å². The quantitative estimate of drug-likeness (QED) is 0.724. The van der Waals surface area contributed by atoms with Crippen LogP contribution in [0.2, 0.25) is 0 Å². The fourth-order valence-electron chi connectivity index (χ4n) is 5.59. The molecule has 0 spiro atoms. The number of rotatable bonds is 2. The average molecular weight is 279 g/mol. The van der Waals surface area contributed by atoms with Crippen LogP contribution in [0.5, 0.6) is 0 Å². The second-order valence-corrected chi connectivity index (χ2v) is 7.29. The minimum atomic E-state index is -0.103. The molecule has 3 rings (SSSR count). The molecule has 3 nitrogen and oxygen atoms in total. The molecule has 0 aliphatic carbocycles. The molecular weight excluding hydrogens is 250 g/mol. The van der Waals surface area contributed by atoms with Crippen molar-refractivity contribution in [2.75, 3.05) is 0 Å². The zero-order valence-electron chi connectivity index (χ0n) is 13.2. The van der Waals surface area contributed by atoms with Gasteiger partial charge in [0.05, 0.1) is 0 Å². The van der Waals surface area contributed by atoms with Crippen molar-refractivity contribution >= 4 is 5.97 Å². The molecule has 3 aliphatic heterocycles. The van der Waals surface area contributed by atoms with Gasteiger partial charge >= 0.3 is 5.97 Å². The molecule has 3 heteroatoms. The Hall–Kier alpha value is -0.570. The molecule has 3 saturated heterocycles. The van der Waals surface area contributed by atoms with E-state index in [9.17, 15) is 4.79 Å². The third-order valence-electron chi connectivity index (χ3n) is 6.18. The van der Waals surface area contributed by atoms with E-state index in [1.807, 2.05) is 0 Å². The molecule has 0 aromatic carbocycles. The minimum Gasteiger partial charge on any atom is -0.462 e. The number of ether oxygens (including phenoxy) is 1. The Balaban J connectivity index is 1.91. The molecule has 0 bridgehead atoms. The highest BCUT2D eigenvalue weighted by Gasteiger charge is 2.55. The van der Waals surface area contributed by atoms with Crippen LogP contribution in [-0.2, 0) is 9.53 Å². The predicted molar refractivity (Wildman–Crippen MR) is 79.5 cm³/mol. The summed E-state index contributed by atoms with van der Waals surface area (Å²) in [4.78, 5) is 14.3. The number of esters is 1. The molecule has 20 heavy (non-hydrogen) atoms. The highest BCUT2D eigenvalue weighted by molar-refractivity contribution is 5.66. The fourth-order valence-corrected chi connectivity index (χ4v) is 5.59. The van der Waals surface area contributed by atoms with Crippen molar-refractivity contribution in [3.63, 3.8) is 0 Å². The zero-order valence-corrected chi connectivity index (χ0v) is 13.2. The van der Waals surface area contributed by atoms with Gasteiger partial charge in [-0.15, -0.1) is 0 Å². The van der Waals surface area contributed by atoms with Gasteiger partial charge in [-0.25, -0.2) is 0 Å². The summed E-state index contributed by atoms with van der Waals surface area (Å²) in [6.07, 6.45) is 10.3. The van der Waals surface area contributed by atoms with E-state index >= 15 is 0 Å². The van der Waals surface area contributed by atoms with Gasteiger partial charge in [0.15, 0.2) is 0 Å². The number of carbonyl (C=O) groups excluding carboxylic acids is 1. The van der Waals surface area contributed by atoms with Crippen LogP contribution in [0.15, 0.2) is 0 Å². The summed E-state index contributed by atoms with van der Waals surface area (Å²) in [6, 6.07) is 1.44. The second kappa shape index (κ2) is 5.32. The molecular formula is C17H29NO2. The van der Waals surface area contributed by atoms with Crippen LogP contribution in [0.4, 0.5) is 0 Å². The number of nitrogens with zero attached hydrogens (tertiary/aromatic N) is 1. The molecule has 5 atom stereocenters. The largest absolute Gasteiger partial charge is 0.462 e. The van der Waals surface area contributed by atoms with Gasteiger partial charge < -0.3 is 4.74 Å². The van der Waals surface area contributed by atoms with Gasteiger partial charge in [0.1, 0.15) is 6.10 Å². The first-order valence-corrected chi connectivity index (χ1v) is 8.52. The molecule has 0 unspecified atom stereocenters. The smallest absolute Gasteiger partial charge is 0.302 e. The van der Waals surface area contributed by atoms with Gasteiger partial charge in [0, 0.05) is 36.9 Å². The van der Waals surface area contributed by atoms with Crippen LogP contribution in [0, 0.1) is 5.92 Å². The zero-order chi connectivity index (χ0) is 14.3. The lowest BCUT2D eigenvalue weighted by molar-refractivity contribution is -0.181. The van der Waals surface area contributed by atoms with Gasteiger partial charge in [-0.2, -0.15) is 0 Å². The van der Waals surface area contributed by atoms with Crippen molar-refractivity contribution < 1.29 is 9.53 Å². The molecule has 0 radical (unpaired) electrons. The lowest BCUT2D eigenvalue weighted by Crippen LogP contribution is -2.69. The van der Waals surface area contributed by atoms with E-state index in [0.717, 1.165) is 18.9 Å². The first kappa shape index (κ1) is 14.4. The van der Waals surface area contributed by atoms with Gasteiger partial charge in [0.25, 0.3) is 0 Å². The van der Waals surface area contributed by atoms with Gasteiger partial charge in [0.2, 0.25) is 0 Å². The Morgan fingerprint density at radius 3 is 2.65 bits per heavy atom. The van der Waals surface area contributed by atoms with E-state index in [4.69, 9.17) is 4.74 Å². The first-order chi connectivity index (χ1) is 9.56. The third kappa shape index (κ3) is 2.18. The summed E-state index contributed by atoms with van der Waals surface area (Å²) in [5.74, 6) is 0.400. The molecule has 0 aromatic rings. The maximum absolute atomic E-state index is 11.5. The van der Waals surface area contributed by atoms with Crippen molar-refractivity contribution in [3.05, 3.63) is 0 Å². The summed E-state index contributed by atoms with van der Waals surface area (Å²) < 4.78 is 5.73. The summed E-state index contributed by atoms with van der Waals surface area (Å²) in [5.41, 5.74) is 0.251. The molecule has 3 fully saturated rings. The topological polar surface area (TPSA) is 29.5 Å². The Labute approximate surface area is 123 Å². The van der Waals surface area contributed by atoms with Crippen molar-refractivity contribution in [2.24, 2.45) is 5.92 Å². The lowest BCUT2D eigenvalue weighted by atomic mass is 9.64. The minimum absolute atomic E-state index is 0.103. The van der Waals surface area contributed by atoms with Gasteiger partial charge in [-0.3, -0.25) is 9.69 Å². The molecule has 0 aromatic heterocycles. The standard InChI is InChI=1S/C17H29NO2/c1-4-15-16(20-12(2)19)11-14-8-5-7-13-9-6-10-17(15,3)18(13)14/h13-16H,4-11H2,1-3H3/t13-,14+,15-,16+,17-/m1/s1. The summed E-state index contributed by atoms with van der Waals surface area (Å²) in [6.45, 7) is 6.27. The van der Waals surface area contributed by atoms with Crippen molar-refractivity contribution in [3.8, 4) is 0 Å². The van der Waals surface area contributed by atoms with Crippen molar-refractivity contribution in [2.45, 2.75) is 95.9 Å². The summed E-state index contributed by atoms with van der Waals surface area (Å²) in [5, 5.41) is 0. The van der Waals surface area contributed by atoms with E-state index in [-0.39, 0.29) is 17.6 Å². The van der Waals surface area contributed by atoms with Crippen LogP contribution >= 0.6 is 0 Å². The summed E-state index contributed by atoms with van der Waals surface area (Å²) in [7, 11) is 0. The number of hydrogen-bond donors (Lipinski definition) is 0. The van der Waals surface area contributed by atoms with E-state index in [1.165, 1.54) is 38.5 Å². The molecule has 114 valence electrons. The molecule has 0 saturated carbocycles. The highest BCUT2D eigenvalue weighted by atomic mass is 16.5. The Bertz CT molecular complexity index is 381. The third-order valence-corrected chi connectivity index (χ3v) is 6.18. The van der Waals surface area contributed by atoms with Crippen LogP contribution in [0.3, 0.4) is 0 Å². The maximum Gasteiger partial charge on any atom is 0.302 e. The second-order valence-electron chi connectivity index (χ2n) is 7.29. The highest BCUT2D eigenvalue weighted by Crippen LogP contribution is 2.50. The van der Waals surface area contributed by atoms with E-state index in [2.05, 4.69) is 18.7 Å². The van der Waals surface area contributed by atoms with Crippen LogP contribution in [0.25, 0.3) is 0 Å². The Kier molecular flexibility index (Phi) is 3.83. The SMILES string of the molecule is CC[C@@H]1[C@@H](OC(C)=O)C[C@@H]2CCC[C@@H]3CCC[C@@]1(C)N32. The normalized spacial score (nSPS) is 44.8. The molecule has 3 heterocycles. The predicted octanol–water partition coefficient (Wildman–Crippen LogP) is 3.51. The van der Waals surface area contributed by atoms with Crippen molar-refractivity contribution in [1.29, 1.82) is 0 Å². The number of piperidine rings is 3. The van der Waals surface area contributed by atoms with E-state index in [1.54, 1.807) is 6.92 Å². The van der Waals surface area contributed by atoms with Crippen LogP contribution < -0.4 is 0 Å². The average Bonchev–Trinajstić information content (AvgIpc) is 2.38. The van der Waals surface area contributed by atoms with Crippen LogP contribution in [0.1, 0.15) is 72.1 Å². The number of hydrogen-bond acceptors (Lipinski definition) is 3. The van der Waals surface area contributed by atoms with Gasteiger partial charge in [-0.1, -0.05) is 19.8 Å². The summed E-state index contributed by atoms with van der Waals surface area (Å²) >= 11 is 0. The number of carbonyl (C=O) groups is 1. The van der Waals surface area contributed by atoms with E-state index in [0.29, 0.717) is 12.0 Å². The first-order valence-electron chi connectivity index (χ1n) is 8.52. The lowest BCUT2D eigenvalue weighted by Gasteiger charge is -2.63. The Morgan fingerprint density at radius 1 is 1.25 bits per heavy atom. The van der Waals surface area contributed by atoms with Gasteiger partial charge in [-0.05, 0) is 39.0 Å². The molecule has 3 aliphatic rings. The molecule has 0 N–H and O–H groups in total. The Morgan fingerprint density at radius 2 is 1.95 bits per heavy atom. The fraction of sp³-hybridized carbons (Fsp3) is 0.941.